The monoisotopic (exact) mass is 254 g/mol. The second-order valence-electron chi connectivity index (χ2n) is 3.87. The van der Waals surface area contributed by atoms with E-state index in [2.05, 4.69) is 10.3 Å². The highest BCUT2D eigenvalue weighted by molar-refractivity contribution is 5.72. The van der Waals surface area contributed by atoms with E-state index in [4.69, 9.17) is 4.74 Å². The Morgan fingerprint density at radius 1 is 1.56 bits per heavy atom. The molecule has 1 amide bonds. The summed E-state index contributed by atoms with van der Waals surface area (Å²) in [6.45, 7) is 1.69. The molecule has 0 bridgehead atoms. The number of aliphatic hydroxyl groups excluding tert-OH is 2. The molecule has 0 aliphatic carbocycles. The number of carbonyl (C=O) groups is 1. The molecule has 0 saturated carbocycles. The highest BCUT2D eigenvalue weighted by atomic mass is 16.5. The Hall–Kier alpha value is -1.66. The lowest BCUT2D eigenvalue weighted by Crippen LogP contribution is -2.28. The number of carbonyl (C=O) groups excluding carboxylic acids is 1. The number of ether oxygens (including phenoxy) is 1. The van der Waals surface area contributed by atoms with E-state index in [-0.39, 0.29) is 18.0 Å². The van der Waals surface area contributed by atoms with Gasteiger partial charge in [-0.1, -0.05) is 0 Å². The normalized spacial score (nSPS) is 13.8. The van der Waals surface area contributed by atoms with Crippen LogP contribution in [0.3, 0.4) is 0 Å². The zero-order valence-corrected chi connectivity index (χ0v) is 10.5. The van der Waals surface area contributed by atoms with E-state index < -0.39 is 12.2 Å². The first-order valence-corrected chi connectivity index (χ1v) is 5.65. The lowest BCUT2D eigenvalue weighted by atomic mass is 10.1. The quantitative estimate of drug-likeness (QED) is 0.665. The number of pyridine rings is 1. The van der Waals surface area contributed by atoms with Gasteiger partial charge < -0.3 is 20.3 Å². The highest BCUT2D eigenvalue weighted by Crippen LogP contribution is 2.25. The molecule has 3 N–H and O–H groups in total. The molecule has 6 nitrogen and oxygen atoms in total. The Morgan fingerprint density at radius 2 is 2.28 bits per heavy atom. The number of rotatable bonds is 6. The van der Waals surface area contributed by atoms with Crippen LogP contribution in [0.4, 0.5) is 0 Å². The van der Waals surface area contributed by atoms with Crippen LogP contribution in [0, 0.1) is 0 Å². The first kappa shape index (κ1) is 14.4. The molecule has 1 aromatic heterocycles. The van der Waals surface area contributed by atoms with Gasteiger partial charge in [0.15, 0.2) is 0 Å². The van der Waals surface area contributed by atoms with Crippen molar-refractivity contribution in [2.75, 3.05) is 13.7 Å². The van der Waals surface area contributed by atoms with Crippen molar-refractivity contribution in [3.8, 4) is 5.75 Å². The lowest BCUT2D eigenvalue weighted by Gasteiger charge is -2.19. The molecule has 0 aliphatic heterocycles. The highest BCUT2D eigenvalue weighted by Gasteiger charge is 2.22. The van der Waals surface area contributed by atoms with E-state index in [0.29, 0.717) is 12.3 Å². The molecule has 0 fully saturated rings. The maximum atomic E-state index is 10.7. The van der Waals surface area contributed by atoms with Gasteiger partial charge in [0.25, 0.3) is 0 Å². The Bertz CT molecular complexity index is 397. The first-order chi connectivity index (χ1) is 8.56. The number of nitrogens with zero attached hydrogens (tertiary/aromatic N) is 1. The zero-order chi connectivity index (χ0) is 13.5. The third-order valence-corrected chi connectivity index (χ3v) is 2.48. The van der Waals surface area contributed by atoms with Gasteiger partial charge in [-0.15, -0.1) is 0 Å². The summed E-state index contributed by atoms with van der Waals surface area (Å²) in [4.78, 5) is 14.7. The van der Waals surface area contributed by atoms with E-state index in [1.165, 1.54) is 20.2 Å². The third kappa shape index (κ3) is 3.97. The molecular weight excluding hydrogens is 236 g/mol. The standard InChI is InChI=1S/C12H18N2O4/c1-8(15)13-7-5-9(16)12(17)11-10(18-2)4-3-6-14-11/h3-4,6,9,12,16-17H,5,7H2,1-2H3,(H,13,15). The van der Waals surface area contributed by atoms with E-state index in [0.717, 1.165) is 0 Å². The van der Waals surface area contributed by atoms with Gasteiger partial charge in [0.1, 0.15) is 17.5 Å². The van der Waals surface area contributed by atoms with Crippen molar-refractivity contribution in [1.82, 2.24) is 10.3 Å². The zero-order valence-electron chi connectivity index (χ0n) is 10.5. The van der Waals surface area contributed by atoms with Crippen molar-refractivity contribution in [2.45, 2.75) is 25.6 Å². The molecule has 1 heterocycles. The van der Waals surface area contributed by atoms with Gasteiger partial charge in [0, 0.05) is 19.7 Å². The van der Waals surface area contributed by atoms with E-state index in [9.17, 15) is 15.0 Å². The molecular formula is C12H18N2O4. The van der Waals surface area contributed by atoms with Crippen molar-refractivity contribution in [3.05, 3.63) is 24.0 Å². The van der Waals surface area contributed by atoms with Crippen molar-refractivity contribution < 1.29 is 19.7 Å². The number of nitrogens with one attached hydrogen (secondary N) is 1. The molecule has 1 rings (SSSR count). The van der Waals surface area contributed by atoms with Crippen LogP contribution in [0.15, 0.2) is 18.3 Å². The van der Waals surface area contributed by atoms with Crippen molar-refractivity contribution in [1.29, 1.82) is 0 Å². The summed E-state index contributed by atoms with van der Waals surface area (Å²) < 4.78 is 5.06. The molecule has 0 aromatic carbocycles. The minimum atomic E-state index is -1.14. The van der Waals surface area contributed by atoms with Gasteiger partial charge in [-0.25, -0.2) is 0 Å². The van der Waals surface area contributed by atoms with E-state index in [1.807, 2.05) is 0 Å². The minimum absolute atomic E-state index is 0.174. The number of amides is 1. The van der Waals surface area contributed by atoms with Gasteiger partial charge in [-0.3, -0.25) is 9.78 Å². The SMILES string of the molecule is COc1cccnc1C(O)C(O)CCNC(C)=O. The number of aromatic nitrogens is 1. The number of aliphatic hydroxyl groups is 2. The second kappa shape index (κ2) is 6.93. The first-order valence-electron chi connectivity index (χ1n) is 5.65. The molecule has 0 radical (unpaired) electrons. The molecule has 100 valence electrons. The lowest BCUT2D eigenvalue weighted by molar-refractivity contribution is -0.119. The van der Waals surface area contributed by atoms with Crippen LogP contribution in [-0.2, 0) is 4.79 Å². The molecule has 6 heteroatoms. The summed E-state index contributed by atoms with van der Waals surface area (Å²) in [7, 11) is 1.47. The Labute approximate surface area is 106 Å². The number of hydrogen-bond acceptors (Lipinski definition) is 5. The topological polar surface area (TPSA) is 91.7 Å². The average molecular weight is 254 g/mol. The van der Waals surface area contributed by atoms with E-state index >= 15 is 0 Å². The molecule has 1 aromatic rings. The Balaban J connectivity index is 2.62. The Kier molecular flexibility index (Phi) is 5.54. The second-order valence-corrected chi connectivity index (χ2v) is 3.87. The van der Waals surface area contributed by atoms with Crippen LogP contribution in [0.1, 0.15) is 25.1 Å². The van der Waals surface area contributed by atoms with Crippen LogP contribution in [0.2, 0.25) is 0 Å². The van der Waals surface area contributed by atoms with Crippen LogP contribution in [0.5, 0.6) is 5.75 Å². The molecule has 18 heavy (non-hydrogen) atoms. The fourth-order valence-corrected chi connectivity index (χ4v) is 1.53. The predicted octanol–water partition coefficient (Wildman–Crippen LogP) is 0.0107. The summed E-state index contributed by atoms with van der Waals surface area (Å²) in [5, 5.41) is 22.3. The molecule has 0 spiro atoms. The van der Waals surface area contributed by atoms with Gasteiger partial charge in [-0.2, -0.15) is 0 Å². The van der Waals surface area contributed by atoms with Crippen LogP contribution < -0.4 is 10.1 Å². The van der Waals surface area contributed by atoms with Crippen molar-refractivity contribution in [2.24, 2.45) is 0 Å². The summed E-state index contributed by atoms with van der Waals surface area (Å²) in [6, 6.07) is 3.34. The van der Waals surface area contributed by atoms with Gasteiger partial charge in [0.05, 0.1) is 13.2 Å². The van der Waals surface area contributed by atoms with Gasteiger partial charge in [0.2, 0.25) is 5.91 Å². The maximum absolute atomic E-state index is 10.7. The van der Waals surface area contributed by atoms with Crippen molar-refractivity contribution in [3.63, 3.8) is 0 Å². The summed E-state index contributed by atoms with van der Waals surface area (Å²) in [5.41, 5.74) is 0.287. The number of hydrogen-bond donors (Lipinski definition) is 3. The Morgan fingerprint density at radius 3 is 2.89 bits per heavy atom. The fraction of sp³-hybridized carbons (Fsp3) is 0.500. The van der Waals surface area contributed by atoms with Crippen LogP contribution in [-0.4, -0.2) is 40.9 Å². The predicted molar refractivity (Wildman–Crippen MR) is 65.1 cm³/mol. The number of methoxy groups -OCH3 is 1. The van der Waals surface area contributed by atoms with Crippen LogP contribution in [0.25, 0.3) is 0 Å². The molecule has 0 saturated heterocycles. The molecule has 2 atom stereocenters. The maximum Gasteiger partial charge on any atom is 0.216 e. The summed E-state index contributed by atoms with van der Waals surface area (Å²) in [5.74, 6) is 0.246. The van der Waals surface area contributed by atoms with Crippen molar-refractivity contribution >= 4 is 5.91 Å². The fourth-order valence-electron chi connectivity index (χ4n) is 1.53. The van der Waals surface area contributed by atoms with Gasteiger partial charge >= 0.3 is 0 Å². The van der Waals surface area contributed by atoms with Crippen LogP contribution >= 0.6 is 0 Å². The summed E-state index contributed by atoms with van der Waals surface area (Å²) >= 11 is 0. The molecule has 0 aliphatic rings. The largest absolute Gasteiger partial charge is 0.495 e. The smallest absolute Gasteiger partial charge is 0.216 e. The third-order valence-electron chi connectivity index (χ3n) is 2.48. The summed E-state index contributed by atoms with van der Waals surface area (Å²) in [6.07, 6.45) is -0.405. The van der Waals surface area contributed by atoms with E-state index in [1.54, 1.807) is 12.1 Å². The average Bonchev–Trinajstić information content (AvgIpc) is 2.37. The van der Waals surface area contributed by atoms with Gasteiger partial charge in [-0.05, 0) is 18.6 Å². The minimum Gasteiger partial charge on any atom is -0.495 e. The molecule has 2 unspecified atom stereocenters.